The molecular formula is C29H24ClF2N7O2. The zero-order valence-corrected chi connectivity index (χ0v) is 22.6. The fourth-order valence-electron chi connectivity index (χ4n) is 5.01. The standard InChI is InChI=1S/C29H24ClF2N7O2/c1-37-25(13-24(36-37)17-2-5-20(30)6-3-17)28(40)35-21-15-34-39(16-21)22-8-10-38(11-9-22)29(41)19-12-18-4-7-23(31)26(32)27(18)33-14-19/h2-7,12-16,22H,8-11H2,1H3,(H,35,40). The van der Waals surface area contributed by atoms with E-state index in [1.54, 1.807) is 47.2 Å². The van der Waals surface area contributed by atoms with Crippen LogP contribution in [0.1, 0.15) is 39.7 Å². The Morgan fingerprint density at radius 1 is 1.02 bits per heavy atom. The first kappa shape index (κ1) is 26.6. The van der Waals surface area contributed by atoms with Crippen LogP contribution < -0.4 is 5.32 Å². The molecule has 0 spiro atoms. The van der Waals surface area contributed by atoms with Gasteiger partial charge in [0.25, 0.3) is 11.8 Å². The molecule has 208 valence electrons. The second-order valence-electron chi connectivity index (χ2n) is 9.89. The summed E-state index contributed by atoms with van der Waals surface area (Å²) in [5.41, 5.74) is 2.67. The summed E-state index contributed by atoms with van der Waals surface area (Å²) >= 11 is 5.97. The number of hydrogen-bond donors (Lipinski definition) is 1. The van der Waals surface area contributed by atoms with Crippen LogP contribution in [-0.2, 0) is 7.05 Å². The summed E-state index contributed by atoms with van der Waals surface area (Å²) in [6.45, 7) is 0.979. The predicted molar refractivity (Wildman–Crippen MR) is 150 cm³/mol. The van der Waals surface area contributed by atoms with Gasteiger partial charge in [0, 0.05) is 48.5 Å². The second kappa shape index (κ2) is 10.7. The summed E-state index contributed by atoms with van der Waals surface area (Å²) in [4.78, 5) is 31.7. The molecule has 4 heterocycles. The molecule has 0 aliphatic carbocycles. The molecule has 41 heavy (non-hydrogen) atoms. The fourth-order valence-corrected chi connectivity index (χ4v) is 5.14. The smallest absolute Gasteiger partial charge is 0.274 e. The van der Waals surface area contributed by atoms with Crippen LogP contribution in [0, 0.1) is 11.6 Å². The van der Waals surface area contributed by atoms with Gasteiger partial charge in [-0.1, -0.05) is 23.7 Å². The van der Waals surface area contributed by atoms with Gasteiger partial charge in [-0.25, -0.2) is 8.78 Å². The van der Waals surface area contributed by atoms with E-state index in [9.17, 15) is 18.4 Å². The normalized spacial score (nSPS) is 14.0. The highest BCUT2D eigenvalue weighted by Crippen LogP contribution is 2.26. The third-order valence-electron chi connectivity index (χ3n) is 7.23. The van der Waals surface area contributed by atoms with Gasteiger partial charge in [0.1, 0.15) is 11.2 Å². The highest BCUT2D eigenvalue weighted by Gasteiger charge is 2.26. The maximum atomic E-state index is 14.0. The summed E-state index contributed by atoms with van der Waals surface area (Å²) in [5.74, 6) is -2.54. The fraction of sp³-hybridized carbons (Fsp3) is 0.207. The molecule has 3 aromatic heterocycles. The van der Waals surface area contributed by atoms with Crippen molar-refractivity contribution in [2.75, 3.05) is 18.4 Å². The maximum absolute atomic E-state index is 14.0. The zero-order chi connectivity index (χ0) is 28.7. The Morgan fingerprint density at radius 3 is 2.54 bits per heavy atom. The average Bonchev–Trinajstić information content (AvgIpc) is 3.61. The second-order valence-corrected chi connectivity index (χ2v) is 10.3. The van der Waals surface area contributed by atoms with Crippen molar-refractivity contribution >= 4 is 40.0 Å². The van der Waals surface area contributed by atoms with Crippen molar-refractivity contribution in [3.8, 4) is 11.3 Å². The molecule has 1 N–H and O–H groups in total. The Balaban J connectivity index is 1.07. The van der Waals surface area contributed by atoms with Crippen molar-refractivity contribution in [2.24, 2.45) is 7.05 Å². The molecule has 2 amide bonds. The number of halogens is 3. The van der Waals surface area contributed by atoms with Crippen LogP contribution in [0.4, 0.5) is 14.5 Å². The molecule has 0 atom stereocenters. The monoisotopic (exact) mass is 575 g/mol. The molecule has 0 unspecified atom stereocenters. The Kier molecular flexibility index (Phi) is 6.96. The van der Waals surface area contributed by atoms with Crippen molar-refractivity contribution in [1.82, 2.24) is 29.4 Å². The first-order chi connectivity index (χ1) is 19.8. The van der Waals surface area contributed by atoms with Crippen molar-refractivity contribution in [3.05, 3.63) is 95.0 Å². The lowest BCUT2D eigenvalue weighted by Crippen LogP contribution is -2.39. The number of benzene rings is 2. The molecule has 0 radical (unpaired) electrons. The minimum Gasteiger partial charge on any atom is -0.338 e. The van der Waals surface area contributed by atoms with Crippen LogP contribution >= 0.6 is 11.6 Å². The lowest BCUT2D eigenvalue weighted by molar-refractivity contribution is 0.0689. The number of nitrogens with zero attached hydrogens (tertiary/aromatic N) is 6. The van der Waals surface area contributed by atoms with Gasteiger partial charge < -0.3 is 10.2 Å². The van der Waals surface area contributed by atoms with E-state index in [-0.39, 0.29) is 23.4 Å². The number of carbonyl (C=O) groups excluding carboxylic acids is 2. The van der Waals surface area contributed by atoms with Gasteiger partial charge in [-0.05, 0) is 49.2 Å². The summed E-state index contributed by atoms with van der Waals surface area (Å²) in [5, 5.41) is 12.7. The lowest BCUT2D eigenvalue weighted by Gasteiger charge is -2.32. The minimum atomic E-state index is -1.03. The number of rotatable bonds is 5. The van der Waals surface area contributed by atoms with E-state index in [1.165, 1.54) is 23.0 Å². The van der Waals surface area contributed by atoms with Crippen molar-refractivity contribution < 1.29 is 18.4 Å². The van der Waals surface area contributed by atoms with Crippen molar-refractivity contribution in [2.45, 2.75) is 18.9 Å². The highest BCUT2D eigenvalue weighted by atomic mass is 35.5. The van der Waals surface area contributed by atoms with E-state index >= 15 is 0 Å². The maximum Gasteiger partial charge on any atom is 0.274 e. The summed E-state index contributed by atoms with van der Waals surface area (Å²) < 4.78 is 30.8. The molecule has 0 bridgehead atoms. The lowest BCUT2D eigenvalue weighted by atomic mass is 10.0. The summed E-state index contributed by atoms with van der Waals surface area (Å²) in [6.07, 6.45) is 5.97. The predicted octanol–water partition coefficient (Wildman–Crippen LogP) is 5.49. The van der Waals surface area contributed by atoms with Crippen LogP contribution in [0.2, 0.25) is 5.02 Å². The molecule has 0 saturated carbocycles. The van der Waals surface area contributed by atoms with Crippen molar-refractivity contribution in [1.29, 1.82) is 0 Å². The third-order valence-corrected chi connectivity index (χ3v) is 7.48. The minimum absolute atomic E-state index is 0.0460. The van der Waals surface area contributed by atoms with Crippen LogP contribution in [0.15, 0.2) is 67.1 Å². The molecule has 1 fully saturated rings. The van der Waals surface area contributed by atoms with E-state index in [0.717, 1.165) is 11.6 Å². The molecule has 5 aromatic rings. The van der Waals surface area contributed by atoms with E-state index in [2.05, 4.69) is 20.5 Å². The van der Waals surface area contributed by atoms with Gasteiger partial charge in [0.2, 0.25) is 0 Å². The number of hydrogen-bond acceptors (Lipinski definition) is 5. The van der Waals surface area contributed by atoms with E-state index in [0.29, 0.717) is 59.0 Å². The largest absolute Gasteiger partial charge is 0.338 e. The topological polar surface area (TPSA) is 97.9 Å². The number of pyridine rings is 1. The molecule has 6 rings (SSSR count). The molecule has 9 nitrogen and oxygen atoms in total. The highest BCUT2D eigenvalue weighted by molar-refractivity contribution is 6.30. The van der Waals surface area contributed by atoms with Gasteiger partial charge in [-0.3, -0.25) is 23.9 Å². The number of nitrogens with one attached hydrogen (secondary N) is 1. The SMILES string of the molecule is Cn1nc(-c2ccc(Cl)cc2)cc1C(=O)Nc1cnn(C2CCN(C(=O)c3cnc4c(F)c(F)ccc4c3)CC2)c1. The Bertz CT molecular complexity index is 1780. The number of carbonyl (C=O) groups is 2. The Morgan fingerprint density at radius 2 is 1.78 bits per heavy atom. The van der Waals surface area contributed by atoms with Gasteiger partial charge in [0.15, 0.2) is 11.6 Å². The van der Waals surface area contributed by atoms with E-state index in [4.69, 9.17) is 11.6 Å². The first-order valence-electron chi connectivity index (χ1n) is 13.0. The molecule has 12 heteroatoms. The van der Waals surface area contributed by atoms with Gasteiger partial charge in [-0.15, -0.1) is 0 Å². The van der Waals surface area contributed by atoms with Crippen molar-refractivity contribution in [3.63, 3.8) is 0 Å². The number of anilines is 1. The Labute approximate surface area is 238 Å². The molecule has 1 aliphatic rings. The zero-order valence-electron chi connectivity index (χ0n) is 21.9. The quantitative estimate of drug-likeness (QED) is 0.299. The van der Waals surface area contributed by atoms with E-state index < -0.39 is 11.6 Å². The van der Waals surface area contributed by atoms with E-state index in [1.807, 2.05) is 12.1 Å². The third kappa shape index (κ3) is 5.28. The van der Waals surface area contributed by atoms with Crippen LogP contribution in [0.3, 0.4) is 0 Å². The van der Waals surface area contributed by atoms with Gasteiger partial charge in [0.05, 0.1) is 29.2 Å². The van der Waals surface area contributed by atoms with Gasteiger partial charge in [-0.2, -0.15) is 10.2 Å². The molecule has 2 aromatic carbocycles. The van der Waals surface area contributed by atoms with Gasteiger partial charge >= 0.3 is 0 Å². The molecule has 1 saturated heterocycles. The number of fused-ring (bicyclic) bond motifs is 1. The Hall–Kier alpha value is -4.64. The van der Waals surface area contributed by atoms with Crippen LogP contribution in [0.5, 0.6) is 0 Å². The molecular weight excluding hydrogens is 552 g/mol. The number of piperidine rings is 1. The average molecular weight is 576 g/mol. The number of likely N-dealkylation sites (tertiary alicyclic amines) is 1. The van der Waals surface area contributed by atoms with Crippen LogP contribution in [0.25, 0.3) is 22.2 Å². The number of aryl methyl sites for hydroxylation is 1. The number of aromatic nitrogens is 5. The van der Waals surface area contributed by atoms with Crippen LogP contribution in [-0.4, -0.2) is 54.3 Å². The first-order valence-corrected chi connectivity index (χ1v) is 13.3. The summed E-state index contributed by atoms with van der Waals surface area (Å²) in [7, 11) is 1.71. The molecule has 1 aliphatic heterocycles. The summed E-state index contributed by atoms with van der Waals surface area (Å²) in [6, 6.07) is 13.0. The number of amides is 2.